The molecule has 0 spiro atoms. The minimum atomic E-state index is -1.10. The van der Waals surface area contributed by atoms with E-state index in [9.17, 15) is 19.2 Å². The molecule has 1 unspecified atom stereocenters. The predicted octanol–water partition coefficient (Wildman–Crippen LogP) is -0.563. The molecule has 1 aliphatic rings. The van der Waals surface area contributed by atoms with Crippen LogP contribution in [-0.2, 0) is 19.2 Å². The number of carbonyl (C=O) groups excluding carboxylic acids is 3. The van der Waals surface area contributed by atoms with E-state index in [0.717, 1.165) is 11.3 Å². The van der Waals surface area contributed by atoms with Gasteiger partial charge in [0.15, 0.2) is 0 Å². The second-order valence-electron chi connectivity index (χ2n) is 5.21. The zero-order valence-electron chi connectivity index (χ0n) is 13.0. The van der Waals surface area contributed by atoms with Gasteiger partial charge in [-0.1, -0.05) is 19.8 Å². The molecule has 0 aromatic heterocycles. The fraction of sp³-hybridized carbons (Fsp3) is 0.714. The van der Waals surface area contributed by atoms with E-state index < -0.39 is 29.7 Å². The van der Waals surface area contributed by atoms with Gasteiger partial charge in [0, 0.05) is 19.6 Å². The van der Waals surface area contributed by atoms with Crippen LogP contribution in [0.5, 0.6) is 0 Å². The van der Waals surface area contributed by atoms with Crippen LogP contribution in [0.4, 0.5) is 0 Å². The van der Waals surface area contributed by atoms with Crippen molar-refractivity contribution in [3.63, 3.8) is 0 Å². The summed E-state index contributed by atoms with van der Waals surface area (Å²) in [6.45, 7) is 4.52. The third-order valence-corrected chi connectivity index (χ3v) is 3.59. The highest BCUT2D eigenvalue weighted by molar-refractivity contribution is 6.35. The van der Waals surface area contributed by atoms with E-state index in [-0.39, 0.29) is 13.1 Å². The van der Waals surface area contributed by atoms with Crippen molar-refractivity contribution in [2.75, 3.05) is 26.2 Å². The monoisotopic (exact) mass is 313 g/mol. The fourth-order valence-corrected chi connectivity index (χ4v) is 2.25. The van der Waals surface area contributed by atoms with Crippen molar-refractivity contribution in [2.24, 2.45) is 0 Å². The molecule has 0 saturated carbocycles. The second kappa shape index (κ2) is 8.35. The summed E-state index contributed by atoms with van der Waals surface area (Å²) in [7, 11) is 0. The van der Waals surface area contributed by atoms with Crippen molar-refractivity contribution in [2.45, 2.75) is 39.2 Å². The average Bonchev–Trinajstić information content (AvgIpc) is 2.48. The number of likely N-dealkylation sites (N-methyl/N-ethyl adjacent to an activating group) is 1. The standard InChI is InChI=1S/C14H23N3O5/c1-3-5-6-10(14(21)22)15-11(18)9-17-8-7-16(4-2)12(19)13(17)20/h10H,3-9H2,1-2H3,(H,15,18)(H,21,22). The van der Waals surface area contributed by atoms with Crippen LogP contribution < -0.4 is 5.32 Å². The Morgan fingerprint density at radius 3 is 2.32 bits per heavy atom. The first-order valence-electron chi connectivity index (χ1n) is 7.51. The van der Waals surface area contributed by atoms with Crippen molar-refractivity contribution in [3.05, 3.63) is 0 Å². The molecular weight excluding hydrogens is 290 g/mol. The van der Waals surface area contributed by atoms with Crippen LogP contribution in [0.1, 0.15) is 33.1 Å². The molecule has 0 radical (unpaired) electrons. The molecule has 1 aliphatic heterocycles. The number of nitrogens with one attached hydrogen (secondary N) is 1. The number of piperazine rings is 1. The minimum Gasteiger partial charge on any atom is -0.480 e. The number of hydrogen-bond donors (Lipinski definition) is 2. The number of hydrogen-bond acceptors (Lipinski definition) is 4. The van der Waals surface area contributed by atoms with Gasteiger partial charge in [-0.2, -0.15) is 0 Å². The van der Waals surface area contributed by atoms with Gasteiger partial charge in [0.05, 0.1) is 0 Å². The maximum atomic E-state index is 11.9. The summed E-state index contributed by atoms with van der Waals surface area (Å²) < 4.78 is 0. The third kappa shape index (κ3) is 4.71. The topological polar surface area (TPSA) is 107 Å². The lowest BCUT2D eigenvalue weighted by Crippen LogP contribution is -2.57. The van der Waals surface area contributed by atoms with Gasteiger partial charge < -0.3 is 20.2 Å². The SMILES string of the molecule is CCCCC(NC(=O)CN1CCN(CC)C(=O)C1=O)C(=O)O. The predicted molar refractivity (Wildman–Crippen MR) is 77.9 cm³/mol. The second-order valence-corrected chi connectivity index (χ2v) is 5.21. The molecule has 0 aliphatic carbocycles. The van der Waals surface area contributed by atoms with E-state index in [1.54, 1.807) is 6.92 Å². The highest BCUT2D eigenvalue weighted by atomic mass is 16.4. The minimum absolute atomic E-state index is 0.276. The van der Waals surface area contributed by atoms with Crippen LogP contribution in [0.2, 0.25) is 0 Å². The summed E-state index contributed by atoms with van der Waals surface area (Å²) in [4.78, 5) is 49.1. The molecule has 22 heavy (non-hydrogen) atoms. The van der Waals surface area contributed by atoms with Crippen LogP contribution >= 0.6 is 0 Å². The van der Waals surface area contributed by atoms with Crippen LogP contribution in [0.15, 0.2) is 0 Å². The Labute approximate surface area is 129 Å². The Kier molecular flexibility index (Phi) is 6.81. The van der Waals surface area contributed by atoms with Gasteiger partial charge in [0.1, 0.15) is 12.6 Å². The first kappa shape index (κ1) is 17.9. The number of nitrogens with zero attached hydrogens (tertiary/aromatic N) is 2. The first-order chi connectivity index (χ1) is 10.4. The summed E-state index contributed by atoms with van der Waals surface area (Å²) in [6.07, 6.45) is 1.85. The average molecular weight is 313 g/mol. The Morgan fingerprint density at radius 2 is 1.77 bits per heavy atom. The lowest BCUT2D eigenvalue weighted by Gasteiger charge is -2.32. The summed E-state index contributed by atoms with van der Waals surface area (Å²) in [5, 5.41) is 11.5. The van der Waals surface area contributed by atoms with Gasteiger partial charge in [-0.25, -0.2) is 4.79 Å². The number of aliphatic carboxylic acids is 1. The van der Waals surface area contributed by atoms with Gasteiger partial charge in [0.25, 0.3) is 0 Å². The molecule has 1 fully saturated rings. The lowest BCUT2D eigenvalue weighted by atomic mass is 10.1. The molecule has 0 aromatic carbocycles. The van der Waals surface area contributed by atoms with Crippen LogP contribution in [-0.4, -0.2) is 70.8 Å². The molecule has 1 rings (SSSR count). The molecule has 8 heteroatoms. The normalized spacial score (nSPS) is 16.6. The highest BCUT2D eigenvalue weighted by Crippen LogP contribution is 2.05. The number of unbranched alkanes of at least 4 members (excludes halogenated alkanes) is 1. The van der Waals surface area contributed by atoms with E-state index in [0.29, 0.717) is 25.9 Å². The van der Waals surface area contributed by atoms with Crippen molar-refractivity contribution in [1.82, 2.24) is 15.1 Å². The smallest absolute Gasteiger partial charge is 0.326 e. The molecule has 124 valence electrons. The molecule has 0 aromatic rings. The third-order valence-electron chi connectivity index (χ3n) is 3.59. The number of amides is 3. The van der Waals surface area contributed by atoms with Gasteiger partial charge in [0.2, 0.25) is 5.91 Å². The summed E-state index contributed by atoms with van der Waals surface area (Å²) in [6, 6.07) is -0.963. The van der Waals surface area contributed by atoms with E-state index >= 15 is 0 Å². The maximum Gasteiger partial charge on any atom is 0.326 e. The van der Waals surface area contributed by atoms with Crippen molar-refractivity contribution in [1.29, 1.82) is 0 Å². The molecular formula is C14H23N3O5. The zero-order chi connectivity index (χ0) is 16.7. The van der Waals surface area contributed by atoms with Gasteiger partial charge in [-0.05, 0) is 13.3 Å². The van der Waals surface area contributed by atoms with Crippen LogP contribution in [0, 0.1) is 0 Å². The molecule has 0 bridgehead atoms. The van der Waals surface area contributed by atoms with E-state index in [1.165, 1.54) is 4.90 Å². The molecule has 1 heterocycles. The summed E-state index contributed by atoms with van der Waals surface area (Å²) >= 11 is 0. The number of carbonyl (C=O) groups is 4. The highest BCUT2D eigenvalue weighted by Gasteiger charge is 2.33. The largest absolute Gasteiger partial charge is 0.480 e. The Bertz CT molecular complexity index is 452. The van der Waals surface area contributed by atoms with Gasteiger partial charge in [-0.3, -0.25) is 14.4 Å². The van der Waals surface area contributed by atoms with Crippen LogP contribution in [0.3, 0.4) is 0 Å². The Hall–Kier alpha value is -2.12. The number of carboxylic acid groups (broad SMARTS) is 1. The van der Waals surface area contributed by atoms with E-state index in [2.05, 4.69) is 5.32 Å². The Balaban J connectivity index is 2.55. The molecule has 1 atom stereocenters. The molecule has 3 amide bonds. The van der Waals surface area contributed by atoms with Crippen molar-refractivity contribution >= 4 is 23.7 Å². The Morgan fingerprint density at radius 1 is 1.18 bits per heavy atom. The van der Waals surface area contributed by atoms with Crippen LogP contribution in [0.25, 0.3) is 0 Å². The lowest BCUT2D eigenvalue weighted by molar-refractivity contribution is -0.156. The molecule has 1 saturated heterocycles. The molecule has 8 nitrogen and oxygen atoms in total. The van der Waals surface area contributed by atoms with E-state index in [1.807, 2.05) is 6.92 Å². The van der Waals surface area contributed by atoms with Crippen molar-refractivity contribution in [3.8, 4) is 0 Å². The maximum absolute atomic E-state index is 11.9. The summed E-state index contributed by atoms with van der Waals surface area (Å²) in [5.74, 6) is -3.00. The first-order valence-corrected chi connectivity index (χ1v) is 7.51. The number of rotatable bonds is 8. The van der Waals surface area contributed by atoms with Crippen molar-refractivity contribution < 1.29 is 24.3 Å². The van der Waals surface area contributed by atoms with Gasteiger partial charge >= 0.3 is 17.8 Å². The van der Waals surface area contributed by atoms with Gasteiger partial charge in [-0.15, -0.1) is 0 Å². The summed E-state index contributed by atoms with van der Waals surface area (Å²) in [5.41, 5.74) is 0. The zero-order valence-corrected chi connectivity index (χ0v) is 13.0. The quantitative estimate of drug-likeness (QED) is 0.584. The fourth-order valence-electron chi connectivity index (χ4n) is 2.25. The number of carboxylic acids is 1. The molecule has 2 N–H and O–H groups in total. The van der Waals surface area contributed by atoms with E-state index in [4.69, 9.17) is 5.11 Å².